The Labute approximate surface area is 143 Å². The number of hydrogen-bond acceptors (Lipinski definition) is 8. The molecule has 0 aromatic rings. The molecule has 0 radical (unpaired) electrons. The molecule has 22 heavy (non-hydrogen) atoms. The smallest absolute Gasteiger partial charge is 0.333 e. The highest BCUT2D eigenvalue weighted by atomic mass is 32.2. The molecule has 0 spiro atoms. The van der Waals surface area contributed by atoms with Gasteiger partial charge < -0.3 is 10.2 Å². The Bertz CT molecular complexity index is 397. The minimum Gasteiger partial charge on any atom is -0.480 e. The summed E-state index contributed by atoms with van der Waals surface area (Å²) in [4.78, 5) is 34.8. The number of hydrazine groups is 1. The maximum absolute atomic E-state index is 12.1. The van der Waals surface area contributed by atoms with E-state index in [9.17, 15) is 19.5 Å². The summed E-state index contributed by atoms with van der Waals surface area (Å²) in [5.74, 6) is -2.29. The van der Waals surface area contributed by atoms with Gasteiger partial charge in [0.25, 0.3) is 0 Å². The van der Waals surface area contributed by atoms with Crippen LogP contribution < -0.4 is 10.9 Å². The number of carbonyl (C=O) groups excluding carboxylic acids is 1. The van der Waals surface area contributed by atoms with E-state index in [-0.39, 0.29) is 12.2 Å². The second-order valence-corrected chi connectivity index (χ2v) is 6.76. The summed E-state index contributed by atoms with van der Waals surface area (Å²) >= 11 is 6.74. The molecule has 0 heterocycles. The molecule has 0 aromatic heterocycles. The van der Waals surface area contributed by atoms with Gasteiger partial charge in [0.05, 0.1) is 5.75 Å². The van der Waals surface area contributed by atoms with Gasteiger partial charge in [0.15, 0.2) is 11.3 Å². The van der Waals surface area contributed by atoms with E-state index in [0.29, 0.717) is 17.9 Å². The molecule has 0 fully saturated rings. The number of ketones is 1. The summed E-state index contributed by atoms with van der Waals surface area (Å²) in [7, 11) is 0. The van der Waals surface area contributed by atoms with E-state index in [0.717, 1.165) is 0 Å². The molecule has 0 aliphatic rings. The van der Waals surface area contributed by atoms with Gasteiger partial charge in [-0.25, -0.2) is 15.6 Å². The number of aliphatic carboxylic acids is 2. The van der Waals surface area contributed by atoms with Crippen LogP contribution in [0.1, 0.15) is 12.8 Å². The Morgan fingerprint density at radius 1 is 1.18 bits per heavy atom. The van der Waals surface area contributed by atoms with Crippen molar-refractivity contribution in [2.24, 2.45) is 0 Å². The minimum atomic E-state index is -1.88. The van der Waals surface area contributed by atoms with Gasteiger partial charge >= 0.3 is 11.9 Å². The Morgan fingerprint density at radius 3 is 2.18 bits per heavy atom. The molecule has 128 valence electrons. The first-order chi connectivity index (χ1) is 10.4. The molecule has 0 saturated carbocycles. The SMILES string of the molecule is CSCC[C@H](NN[C@@](CCSC)(C(=O)O)C(=O)CS)C(=O)O. The number of thiol groups is 1. The lowest BCUT2D eigenvalue weighted by Crippen LogP contribution is -2.66. The van der Waals surface area contributed by atoms with Gasteiger partial charge in [-0.15, -0.1) is 0 Å². The Hall–Kier alpha value is -0.420. The zero-order valence-electron chi connectivity index (χ0n) is 12.5. The zero-order chi connectivity index (χ0) is 17.2. The van der Waals surface area contributed by atoms with Gasteiger partial charge in [0.1, 0.15) is 6.04 Å². The van der Waals surface area contributed by atoms with Crippen molar-refractivity contribution in [3.8, 4) is 0 Å². The van der Waals surface area contributed by atoms with Crippen LogP contribution in [-0.4, -0.2) is 69.3 Å². The van der Waals surface area contributed by atoms with E-state index < -0.39 is 29.3 Å². The molecule has 0 amide bonds. The third kappa shape index (κ3) is 6.37. The Kier molecular flexibility index (Phi) is 11.0. The van der Waals surface area contributed by atoms with Crippen LogP contribution in [0.4, 0.5) is 0 Å². The van der Waals surface area contributed by atoms with Crippen LogP contribution in [0, 0.1) is 0 Å². The number of carboxylic acids is 2. The molecule has 0 rings (SSSR count). The fourth-order valence-electron chi connectivity index (χ4n) is 1.64. The van der Waals surface area contributed by atoms with Crippen molar-refractivity contribution in [2.45, 2.75) is 24.4 Å². The van der Waals surface area contributed by atoms with E-state index in [1.807, 2.05) is 6.26 Å². The molecule has 10 heteroatoms. The Morgan fingerprint density at radius 2 is 1.77 bits per heavy atom. The molecule has 0 unspecified atom stereocenters. The highest BCUT2D eigenvalue weighted by molar-refractivity contribution is 7.98. The van der Waals surface area contributed by atoms with Crippen molar-refractivity contribution in [3.05, 3.63) is 0 Å². The highest BCUT2D eigenvalue weighted by Crippen LogP contribution is 2.16. The average Bonchev–Trinajstić information content (AvgIpc) is 2.48. The fraction of sp³-hybridized carbons (Fsp3) is 0.750. The average molecular weight is 371 g/mol. The summed E-state index contributed by atoms with van der Waals surface area (Å²) in [5.41, 5.74) is 3.07. The summed E-state index contributed by atoms with van der Waals surface area (Å²) < 4.78 is 0. The van der Waals surface area contributed by atoms with Crippen molar-refractivity contribution >= 4 is 53.9 Å². The molecule has 7 nitrogen and oxygen atoms in total. The molecular formula is C12H22N2O5S3. The lowest BCUT2D eigenvalue weighted by atomic mass is 9.92. The molecule has 0 aromatic carbocycles. The molecule has 2 atom stereocenters. The summed E-state index contributed by atoms with van der Waals surface area (Å²) in [6.45, 7) is 0. The summed E-state index contributed by atoms with van der Waals surface area (Å²) in [5, 5.41) is 18.6. The number of nitrogens with one attached hydrogen (secondary N) is 2. The van der Waals surface area contributed by atoms with E-state index in [1.54, 1.807) is 6.26 Å². The lowest BCUT2D eigenvalue weighted by molar-refractivity contribution is -0.152. The van der Waals surface area contributed by atoms with Crippen LogP contribution in [0.3, 0.4) is 0 Å². The molecule has 0 bridgehead atoms. The van der Waals surface area contributed by atoms with E-state index in [1.165, 1.54) is 23.5 Å². The van der Waals surface area contributed by atoms with Crippen LogP contribution in [-0.2, 0) is 14.4 Å². The number of Topliss-reactive ketones (excluding diaryl/α,β-unsaturated/α-hetero) is 1. The predicted octanol–water partition coefficient (Wildman–Crippen LogP) is 0.362. The second-order valence-electron chi connectivity index (χ2n) is 4.48. The van der Waals surface area contributed by atoms with Crippen LogP contribution >= 0.6 is 36.2 Å². The van der Waals surface area contributed by atoms with E-state index in [4.69, 9.17) is 5.11 Å². The van der Waals surface area contributed by atoms with Gasteiger partial charge in [0, 0.05) is 0 Å². The molecule has 0 saturated heterocycles. The van der Waals surface area contributed by atoms with Crippen molar-refractivity contribution in [2.75, 3.05) is 29.8 Å². The Balaban J connectivity index is 5.12. The summed E-state index contributed by atoms with van der Waals surface area (Å²) in [6.07, 6.45) is 3.97. The number of carbonyl (C=O) groups is 3. The first-order valence-corrected chi connectivity index (χ1v) is 9.88. The van der Waals surface area contributed by atoms with Gasteiger partial charge in [-0.05, 0) is 36.9 Å². The first-order valence-electron chi connectivity index (χ1n) is 6.46. The number of carboxylic acid groups (broad SMARTS) is 2. The van der Waals surface area contributed by atoms with Crippen molar-refractivity contribution < 1.29 is 24.6 Å². The molecule has 4 N–H and O–H groups in total. The first kappa shape index (κ1) is 21.6. The predicted molar refractivity (Wildman–Crippen MR) is 92.9 cm³/mol. The largest absolute Gasteiger partial charge is 0.480 e. The van der Waals surface area contributed by atoms with Crippen LogP contribution in [0.25, 0.3) is 0 Å². The second kappa shape index (κ2) is 11.2. The van der Waals surface area contributed by atoms with Gasteiger partial charge in [-0.3, -0.25) is 9.59 Å². The zero-order valence-corrected chi connectivity index (χ0v) is 15.0. The lowest BCUT2D eigenvalue weighted by Gasteiger charge is -2.30. The third-order valence-corrected chi connectivity index (χ3v) is 4.58. The van der Waals surface area contributed by atoms with E-state index >= 15 is 0 Å². The van der Waals surface area contributed by atoms with Crippen LogP contribution in [0.5, 0.6) is 0 Å². The third-order valence-electron chi connectivity index (χ3n) is 3.03. The topological polar surface area (TPSA) is 116 Å². The van der Waals surface area contributed by atoms with Crippen LogP contribution in [0.15, 0.2) is 0 Å². The quantitative estimate of drug-likeness (QED) is 0.178. The fourth-order valence-corrected chi connectivity index (χ4v) is 2.90. The summed E-state index contributed by atoms with van der Waals surface area (Å²) in [6, 6.07) is -0.979. The van der Waals surface area contributed by atoms with Crippen LogP contribution in [0.2, 0.25) is 0 Å². The van der Waals surface area contributed by atoms with Crippen molar-refractivity contribution in [1.29, 1.82) is 0 Å². The maximum Gasteiger partial charge on any atom is 0.333 e. The molecular weight excluding hydrogens is 348 g/mol. The van der Waals surface area contributed by atoms with Crippen molar-refractivity contribution in [1.82, 2.24) is 10.9 Å². The monoisotopic (exact) mass is 370 g/mol. The van der Waals surface area contributed by atoms with Gasteiger partial charge in [0.2, 0.25) is 0 Å². The number of thioether (sulfide) groups is 2. The number of hydrogen-bond donors (Lipinski definition) is 5. The van der Waals surface area contributed by atoms with E-state index in [2.05, 4.69) is 23.5 Å². The number of rotatable bonds is 13. The normalized spacial score (nSPS) is 15.0. The minimum absolute atomic E-state index is 0.0325. The maximum atomic E-state index is 12.1. The van der Waals surface area contributed by atoms with Gasteiger partial charge in [-0.1, -0.05) is 0 Å². The van der Waals surface area contributed by atoms with Crippen molar-refractivity contribution in [3.63, 3.8) is 0 Å². The standard InChI is InChI=1S/C12H22N2O5S3/c1-21-5-3-8(10(16)17)13-14-12(11(18)19,4-6-22-2)9(15)7-20/h8,13-14,20H,3-7H2,1-2H3,(H,16,17)(H,18,19)/t8-,12+/m0/s1. The van der Waals surface area contributed by atoms with Gasteiger partial charge in [-0.2, -0.15) is 36.2 Å². The highest BCUT2D eigenvalue weighted by Gasteiger charge is 2.45. The molecule has 0 aliphatic carbocycles. The molecule has 0 aliphatic heterocycles.